The van der Waals surface area contributed by atoms with E-state index in [1.54, 1.807) is 34.5 Å². The van der Waals surface area contributed by atoms with Gasteiger partial charge < -0.3 is 14.4 Å². The first-order valence-electron chi connectivity index (χ1n) is 9.74. The fraction of sp³-hybridized carbons (Fsp3) is 0.632. The van der Waals surface area contributed by atoms with Crippen LogP contribution in [0.15, 0.2) is 18.2 Å². The van der Waals surface area contributed by atoms with Crippen LogP contribution in [-0.4, -0.2) is 81.3 Å². The molecule has 1 amide bonds. The normalized spacial score (nSPS) is 19.9. The van der Waals surface area contributed by atoms with Crippen LogP contribution in [0.3, 0.4) is 0 Å². The molecule has 2 saturated heterocycles. The zero-order chi connectivity index (χ0) is 20.1. The molecule has 0 bridgehead atoms. The molecular weight excluding hydrogens is 382 g/mol. The molecule has 0 saturated carbocycles. The molecule has 8 nitrogen and oxygen atoms in total. The Kier molecular flexibility index (Phi) is 6.79. The van der Waals surface area contributed by atoms with Gasteiger partial charge in [-0.3, -0.25) is 4.79 Å². The van der Waals surface area contributed by atoms with Crippen LogP contribution in [-0.2, 0) is 10.2 Å². The number of methoxy groups -OCH3 is 2. The highest BCUT2D eigenvalue weighted by Crippen LogP contribution is 2.26. The zero-order valence-electron chi connectivity index (χ0n) is 16.6. The van der Waals surface area contributed by atoms with Gasteiger partial charge in [0.25, 0.3) is 16.1 Å². The maximum atomic E-state index is 12.9. The van der Waals surface area contributed by atoms with E-state index >= 15 is 0 Å². The van der Waals surface area contributed by atoms with Gasteiger partial charge in [0.05, 0.1) is 19.8 Å². The first kappa shape index (κ1) is 20.9. The third-order valence-corrected chi connectivity index (χ3v) is 7.42. The van der Waals surface area contributed by atoms with Crippen molar-refractivity contribution in [1.29, 1.82) is 0 Å². The molecule has 0 N–H and O–H groups in total. The van der Waals surface area contributed by atoms with E-state index in [0.717, 1.165) is 25.7 Å². The predicted octanol–water partition coefficient (Wildman–Crippen LogP) is 1.58. The molecule has 0 aliphatic carbocycles. The van der Waals surface area contributed by atoms with Crippen LogP contribution >= 0.6 is 0 Å². The lowest BCUT2D eigenvalue weighted by atomic mass is 10.1. The Morgan fingerprint density at radius 2 is 1.46 bits per heavy atom. The number of hydrogen-bond donors (Lipinski definition) is 0. The number of ether oxygens (including phenoxy) is 2. The van der Waals surface area contributed by atoms with Gasteiger partial charge in [-0.15, -0.1) is 0 Å². The van der Waals surface area contributed by atoms with Crippen molar-refractivity contribution >= 4 is 16.1 Å². The van der Waals surface area contributed by atoms with Crippen molar-refractivity contribution in [3.8, 4) is 11.5 Å². The van der Waals surface area contributed by atoms with Gasteiger partial charge >= 0.3 is 0 Å². The molecule has 2 fully saturated rings. The summed E-state index contributed by atoms with van der Waals surface area (Å²) in [4.78, 5) is 14.6. The first-order valence-corrected chi connectivity index (χ1v) is 11.1. The number of carbonyl (C=O) groups is 1. The van der Waals surface area contributed by atoms with Crippen LogP contribution in [0.2, 0.25) is 0 Å². The number of piperazine rings is 1. The number of benzene rings is 1. The first-order chi connectivity index (χ1) is 13.5. The summed E-state index contributed by atoms with van der Waals surface area (Å²) < 4.78 is 39.5. The second-order valence-corrected chi connectivity index (χ2v) is 9.01. The number of nitrogens with zero attached hydrogens (tertiary/aromatic N) is 3. The number of hydrogen-bond acceptors (Lipinski definition) is 5. The van der Waals surface area contributed by atoms with Crippen LogP contribution in [0.1, 0.15) is 36.0 Å². The second-order valence-electron chi connectivity index (χ2n) is 7.08. The van der Waals surface area contributed by atoms with E-state index in [1.807, 2.05) is 0 Å². The molecule has 28 heavy (non-hydrogen) atoms. The molecular formula is C19H29N3O5S. The predicted molar refractivity (Wildman–Crippen MR) is 106 cm³/mol. The average molecular weight is 412 g/mol. The maximum Gasteiger partial charge on any atom is 0.282 e. The molecule has 2 heterocycles. The Balaban J connectivity index is 1.65. The van der Waals surface area contributed by atoms with Gasteiger partial charge in [0, 0.05) is 45.3 Å². The topological polar surface area (TPSA) is 79.4 Å². The molecule has 0 unspecified atom stereocenters. The van der Waals surface area contributed by atoms with Crippen molar-refractivity contribution in [2.45, 2.75) is 25.7 Å². The van der Waals surface area contributed by atoms with Crippen LogP contribution in [0.25, 0.3) is 0 Å². The van der Waals surface area contributed by atoms with Crippen molar-refractivity contribution < 1.29 is 22.7 Å². The summed E-state index contributed by atoms with van der Waals surface area (Å²) in [5, 5.41) is 0. The van der Waals surface area contributed by atoms with E-state index in [2.05, 4.69) is 0 Å². The summed E-state index contributed by atoms with van der Waals surface area (Å²) in [6.45, 7) is 2.52. The standard InChI is InChI=1S/C19H29N3O5S/c1-26-16-7-8-17(18(15-16)27-2)19(23)20-11-13-22(14-12-20)28(24,25)21-9-5-3-4-6-10-21/h7-8,15H,3-6,9-14H2,1-2H3. The van der Waals surface area contributed by atoms with Crippen molar-refractivity contribution in [3.63, 3.8) is 0 Å². The Morgan fingerprint density at radius 3 is 2.04 bits per heavy atom. The quantitative estimate of drug-likeness (QED) is 0.735. The molecule has 1 aromatic carbocycles. The summed E-state index contributed by atoms with van der Waals surface area (Å²) in [7, 11) is -0.390. The number of amides is 1. The largest absolute Gasteiger partial charge is 0.497 e. The van der Waals surface area contributed by atoms with E-state index in [9.17, 15) is 13.2 Å². The van der Waals surface area contributed by atoms with Crippen LogP contribution in [0, 0.1) is 0 Å². The molecule has 0 atom stereocenters. The zero-order valence-corrected chi connectivity index (χ0v) is 17.4. The summed E-state index contributed by atoms with van der Waals surface area (Å²) in [5.41, 5.74) is 0.451. The van der Waals surface area contributed by atoms with Crippen LogP contribution < -0.4 is 9.47 Å². The van der Waals surface area contributed by atoms with E-state index in [1.165, 1.54) is 11.4 Å². The molecule has 3 rings (SSSR count). The van der Waals surface area contributed by atoms with Crippen molar-refractivity contribution in [2.24, 2.45) is 0 Å². The van der Waals surface area contributed by atoms with Crippen LogP contribution in [0.4, 0.5) is 0 Å². The van der Waals surface area contributed by atoms with Gasteiger partial charge in [0.1, 0.15) is 11.5 Å². The highest BCUT2D eigenvalue weighted by molar-refractivity contribution is 7.86. The maximum absolute atomic E-state index is 12.9. The molecule has 0 spiro atoms. The SMILES string of the molecule is COc1ccc(C(=O)N2CCN(S(=O)(=O)N3CCCCCC3)CC2)c(OC)c1. The number of rotatable bonds is 5. The van der Waals surface area contributed by atoms with E-state index in [0.29, 0.717) is 56.3 Å². The fourth-order valence-corrected chi connectivity index (χ4v) is 5.37. The lowest BCUT2D eigenvalue weighted by Crippen LogP contribution is -2.54. The van der Waals surface area contributed by atoms with Gasteiger partial charge in [-0.2, -0.15) is 17.0 Å². The minimum Gasteiger partial charge on any atom is -0.497 e. The molecule has 2 aliphatic heterocycles. The van der Waals surface area contributed by atoms with Gasteiger partial charge in [-0.25, -0.2) is 0 Å². The molecule has 0 radical (unpaired) electrons. The lowest BCUT2D eigenvalue weighted by Gasteiger charge is -2.36. The minimum atomic E-state index is -3.46. The Bertz CT molecular complexity index is 783. The summed E-state index contributed by atoms with van der Waals surface area (Å²) >= 11 is 0. The van der Waals surface area contributed by atoms with Crippen molar-refractivity contribution in [3.05, 3.63) is 23.8 Å². The third kappa shape index (κ3) is 4.42. The summed E-state index contributed by atoms with van der Waals surface area (Å²) in [6, 6.07) is 5.07. The third-order valence-electron chi connectivity index (χ3n) is 5.38. The number of carbonyl (C=O) groups excluding carboxylic acids is 1. The van der Waals surface area contributed by atoms with Gasteiger partial charge in [-0.1, -0.05) is 12.8 Å². The van der Waals surface area contributed by atoms with Crippen molar-refractivity contribution in [1.82, 2.24) is 13.5 Å². The molecule has 9 heteroatoms. The van der Waals surface area contributed by atoms with Crippen LogP contribution in [0.5, 0.6) is 11.5 Å². The fourth-order valence-electron chi connectivity index (χ4n) is 3.70. The summed E-state index contributed by atoms with van der Waals surface area (Å²) in [6.07, 6.45) is 3.99. The summed E-state index contributed by atoms with van der Waals surface area (Å²) in [5.74, 6) is 0.900. The average Bonchev–Trinajstić information content (AvgIpc) is 3.03. The van der Waals surface area contributed by atoms with Crippen molar-refractivity contribution in [2.75, 3.05) is 53.5 Å². The molecule has 156 valence electrons. The molecule has 0 aromatic heterocycles. The monoisotopic (exact) mass is 411 g/mol. The Hall–Kier alpha value is -1.84. The Morgan fingerprint density at radius 1 is 0.857 bits per heavy atom. The van der Waals surface area contributed by atoms with Gasteiger partial charge in [-0.05, 0) is 25.0 Å². The van der Waals surface area contributed by atoms with E-state index < -0.39 is 10.2 Å². The second kappa shape index (κ2) is 9.11. The highest BCUT2D eigenvalue weighted by Gasteiger charge is 2.34. The molecule has 2 aliphatic rings. The highest BCUT2D eigenvalue weighted by atomic mass is 32.2. The van der Waals surface area contributed by atoms with E-state index in [4.69, 9.17) is 9.47 Å². The lowest BCUT2D eigenvalue weighted by molar-refractivity contribution is 0.0690. The Labute approximate surface area is 167 Å². The smallest absolute Gasteiger partial charge is 0.282 e. The van der Waals surface area contributed by atoms with Gasteiger partial charge in [0.2, 0.25) is 0 Å². The van der Waals surface area contributed by atoms with Gasteiger partial charge in [0.15, 0.2) is 0 Å². The minimum absolute atomic E-state index is 0.161. The van der Waals surface area contributed by atoms with E-state index in [-0.39, 0.29) is 5.91 Å². The molecule has 1 aromatic rings.